The van der Waals surface area contributed by atoms with Crippen molar-refractivity contribution in [1.29, 1.82) is 0 Å². The van der Waals surface area contributed by atoms with Gasteiger partial charge in [-0.3, -0.25) is 4.98 Å². The Morgan fingerprint density at radius 2 is 1.82 bits per heavy atom. The highest BCUT2D eigenvalue weighted by Crippen LogP contribution is 2.23. The lowest BCUT2D eigenvalue weighted by atomic mass is 9.99. The summed E-state index contributed by atoms with van der Waals surface area (Å²) in [6.07, 6.45) is 1.82. The van der Waals surface area contributed by atoms with Crippen LogP contribution in [-0.2, 0) is 0 Å². The van der Waals surface area contributed by atoms with Crippen molar-refractivity contribution in [3.63, 3.8) is 0 Å². The van der Waals surface area contributed by atoms with Gasteiger partial charge in [-0.2, -0.15) is 0 Å². The Hall–Kier alpha value is -1.38. The molecule has 0 bridgehead atoms. The molecule has 0 aliphatic rings. The second kappa shape index (κ2) is 4.86. The molecular weight excluding hydrogens is 232 g/mol. The highest BCUT2D eigenvalue weighted by atomic mass is 35.5. The van der Waals surface area contributed by atoms with Crippen LogP contribution in [0.4, 0.5) is 0 Å². The van der Waals surface area contributed by atoms with E-state index in [1.807, 2.05) is 50.4 Å². The molecule has 2 aromatic rings. The standard InChI is InChI=1S/C14H15ClN2/c1-9-7-11(5-6-13(9)15)14(16)12-4-3-10(2)17-8-12/h3-8,14H,16H2,1-2H3. The summed E-state index contributed by atoms with van der Waals surface area (Å²) in [5.74, 6) is 0. The summed E-state index contributed by atoms with van der Waals surface area (Å²) < 4.78 is 0. The second-order valence-corrected chi connectivity index (χ2v) is 4.63. The molecule has 0 fully saturated rings. The Bertz CT molecular complexity index is 520. The molecule has 1 unspecified atom stereocenters. The quantitative estimate of drug-likeness (QED) is 0.882. The van der Waals surface area contributed by atoms with E-state index in [4.69, 9.17) is 17.3 Å². The summed E-state index contributed by atoms with van der Waals surface area (Å²) in [4.78, 5) is 4.26. The van der Waals surface area contributed by atoms with Crippen LogP contribution in [0.5, 0.6) is 0 Å². The number of rotatable bonds is 2. The fraction of sp³-hybridized carbons (Fsp3) is 0.214. The number of pyridine rings is 1. The molecule has 0 saturated carbocycles. The molecule has 0 radical (unpaired) electrons. The molecule has 0 aliphatic heterocycles. The summed E-state index contributed by atoms with van der Waals surface area (Å²) in [5, 5.41) is 0.767. The van der Waals surface area contributed by atoms with E-state index in [0.29, 0.717) is 0 Å². The number of aryl methyl sites for hydroxylation is 2. The maximum atomic E-state index is 6.20. The maximum absolute atomic E-state index is 6.20. The largest absolute Gasteiger partial charge is 0.320 e. The summed E-state index contributed by atoms with van der Waals surface area (Å²) in [6.45, 7) is 3.94. The number of hydrogen-bond acceptors (Lipinski definition) is 2. The molecule has 1 aromatic heterocycles. The van der Waals surface area contributed by atoms with E-state index in [0.717, 1.165) is 27.4 Å². The fourth-order valence-corrected chi connectivity index (χ4v) is 1.83. The van der Waals surface area contributed by atoms with Gasteiger partial charge in [-0.05, 0) is 42.7 Å². The van der Waals surface area contributed by atoms with E-state index in [2.05, 4.69) is 4.98 Å². The van der Waals surface area contributed by atoms with Crippen molar-refractivity contribution in [3.05, 3.63) is 63.9 Å². The third-order valence-electron chi connectivity index (χ3n) is 2.83. The minimum atomic E-state index is -0.154. The van der Waals surface area contributed by atoms with Gasteiger partial charge >= 0.3 is 0 Å². The van der Waals surface area contributed by atoms with Gasteiger partial charge in [-0.25, -0.2) is 0 Å². The van der Waals surface area contributed by atoms with Gasteiger partial charge in [0.2, 0.25) is 0 Å². The lowest BCUT2D eigenvalue weighted by molar-refractivity contribution is 0.859. The zero-order chi connectivity index (χ0) is 12.4. The number of nitrogens with zero attached hydrogens (tertiary/aromatic N) is 1. The van der Waals surface area contributed by atoms with Crippen molar-refractivity contribution in [3.8, 4) is 0 Å². The summed E-state index contributed by atoms with van der Waals surface area (Å²) in [6, 6.07) is 9.69. The summed E-state index contributed by atoms with van der Waals surface area (Å²) in [5.41, 5.74) is 10.3. The second-order valence-electron chi connectivity index (χ2n) is 4.22. The molecule has 1 heterocycles. The monoisotopic (exact) mass is 246 g/mol. The first-order chi connectivity index (χ1) is 8.08. The summed E-state index contributed by atoms with van der Waals surface area (Å²) >= 11 is 6.00. The molecule has 1 atom stereocenters. The van der Waals surface area contributed by atoms with Crippen molar-refractivity contribution in [1.82, 2.24) is 4.98 Å². The predicted octanol–water partition coefficient (Wildman–Crippen LogP) is 3.40. The zero-order valence-electron chi connectivity index (χ0n) is 9.94. The molecule has 0 spiro atoms. The molecule has 0 amide bonds. The summed E-state index contributed by atoms with van der Waals surface area (Å²) in [7, 11) is 0. The van der Waals surface area contributed by atoms with Crippen molar-refractivity contribution in [2.45, 2.75) is 19.9 Å². The lowest BCUT2D eigenvalue weighted by Gasteiger charge is -2.13. The van der Waals surface area contributed by atoms with E-state index in [-0.39, 0.29) is 6.04 Å². The van der Waals surface area contributed by atoms with E-state index in [1.165, 1.54) is 0 Å². The van der Waals surface area contributed by atoms with Crippen molar-refractivity contribution < 1.29 is 0 Å². The van der Waals surface area contributed by atoms with Gasteiger partial charge in [0, 0.05) is 16.9 Å². The molecule has 2 rings (SSSR count). The van der Waals surface area contributed by atoms with Crippen LogP contribution in [0.15, 0.2) is 36.5 Å². The number of halogens is 1. The van der Waals surface area contributed by atoms with E-state index in [9.17, 15) is 0 Å². The van der Waals surface area contributed by atoms with Gasteiger partial charge in [-0.1, -0.05) is 29.8 Å². The van der Waals surface area contributed by atoms with Crippen LogP contribution in [0.3, 0.4) is 0 Å². The van der Waals surface area contributed by atoms with Gasteiger partial charge in [0.15, 0.2) is 0 Å². The third-order valence-corrected chi connectivity index (χ3v) is 3.26. The fourth-order valence-electron chi connectivity index (χ4n) is 1.72. The van der Waals surface area contributed by atoms with Gasteiger partial charge in [-0.15, -0.1) is 0 Å². The number of benzene rings is 1. The minimum absolute atomic E-state index is 0.154. The Morgan fingerprint density at radius 3 is 2.41 bits per heavy atom. The average Bonchev–Trinajstić information content (AvgIpc) is 2.33. The van der Waals surface area contributed by atoms with Crippen LogP contribution < -0.4 is 5.73 Å². The molecule has 2 nitrogen and oxygen atoms in total. The van der Waals surface area contributed by atoms with Crippen molar-refractivity contribution in [2.24, 2.45) is 5.73 Å². The Kier molecular flexibility index (Phi) is 3.46. The Labute approximate surface area is 106 Å². The topological polar surface area (TPSA) is 38.9 Å². The number of nitrogens with two attached hydrogens (primary N) is 1. The van der Waals surface area contributed by atoms with Gasteiger partial charge < -0.3 is 5.73 Å². The van der Waals surface area contributed by atoms with Gasteiger partial charge in [0.05, 0.1) is 6.04 Å². The smallest absolute Gasteiger partial charge is 0.0567 e. The first kappa shape index (κ1) is 12.1. The number of aromatic nitrogens is 1. The van der Waals surface area contributed by atoms with E-state index < -0.39 is 0 Å². The normalized spacial score (nSPS) is 12.5. The maximum Gasteiger partial charge on any atom is 0.0567 e. The molecule has 0 aliphatic carbocycles. The highest BCUT2D eigenvalue weighted by molar-refractivity contribution is 6.31. The van der Waals surface area contributed by atoms with Crippen LogP contribution in [0.1, 0.15) is 28.4 Å². The van der Waals surface area contributed by atoms with Crippen molar-refractivity contribution in [2.75, 3.05) is 0 Å². The minimum Gasteiger partial charge on any atom is -0.320 e. The SMILES string of the molecule is Cc1ccc(C(N)c2ccc(Cl)c(C)c2)cn1. The van der Waals surface area contributed by atoms with E-state index >= 15 is 0 Å². The third kappa shape index (κ3) is 2.65. The molecule has 0 saturated heterocycles. The molecule has 2 N–H and O–H groups in total. The van der Waals surface area contributed by atoms with Crippen LogP contribution in [0.2, 0.25) is 5.02 Å². The van der Waals surface area contributed by atoms with Gasteiger partial charge in [0.1, 0.15) is 0 Å². The molecule has 88 valence electrons. The van der Waals surface area contributed by atoms with Crippen LogP contribution in [-0.4, -0.2) is 4.98 Å². The zero-order valence-corrected chi connectivity index (χ0v) is 10.7. The molecular formula is C14H15ClN2. The molecule has 3 heteroatoms. The van der Waals surface area contributed by atoms with E-state index in [1.54, 1.807) is 0 Å². The molecule has 17 heavy (non-hydrogen) atoms. The first-order valence-electron chi connectivity index (χ1n) is 5.52. The van der Waals surface area contributed by atoms with Crippen LogP contribution >= 0.6 is 11.6 Å². The average molecular weight is 247 g/mol. The van der Waals surface area contributed by atoms with Crippen LogP contribution in [0.25, 0.3) is 0 Å². The highest BCUT2D eigenvalue weighted by Gasteiger charge is 2.10. The first-order valence-corrected chi connectivity index (χ1v) is 5.90. The van der Waals surface area contributed by atoms with Crippen LogP contribution in [0, 0.1) is 13.8 Å². The predicted molar refractivity (Wildman–Crippen MR) is 71.2 cm³/mol. The van der Waals surface area contributed by atoms with Gasteiger partial charge in [0.25, 0.3) is 0 Å². The lowest BCUT2D eigenvalue weighted by Crippen LogP contribution is -2.12. The Balaban J connectivity index is 2.33. The van der Waals surface area contributed by atoms with Crippen molar-refractivity contribution >= 4 is 11.6 Å². The Morgan fingerprint density at radius 1 is 1.12 bits per heavy atom. The number of hydrogen-bond donors (Lipinski definition) is 1. The molecule has 1 aromatic carbocycles.